The third-order valence-electron chi connectivity index (χ3n) is 2.78. The van der Waals surface area contributed by atoms with E-state index < -0.39 is 0 Å². The van der Waals surface area contributed by atoms with Crippen LogP contribution in [0.5, 0.6) is 11.5 Å². The lowest BCUT2D eigenvalue weighted by atomic mass is 9.99. The van der Waals surface area contributed by atoms with Crippen LogP contribution in [0.15, 0.2) is 18.2 Å². The number of benzene rings is 1. The van der Waals surface area contributed by atoms with E-state index in [1.54, 1.807) is 7.11 Å². The van der Waals surface area contributed by atoms with Gasteiger partial charge in [-0.2, -0.15) is 0 Å². The summed E-state index contributed by atoms with van der Waals surface area (Å²) in [6.07, 6.45) is 5.17. The van der Waals surface area contributed by atoms with E-state index >= 15 is 0 Å². The van der Waals surface area contributed by atoms with Crippen molar-refractivity contribution < 1.29 is 9.47 Å². The summed E-state index contributed by atoms with van der Waals surface area (Å²) in [6, 6.07) is 4.21. The van der Waals surface area contributed by atoms with Gasteiger partial charge in [0.1, 0.15) is 5.60 Å². The average molecular weight is 297 g/mol. The fraction of sp³-hybridized carbons (Fsp3) is 0.429. The highest BCUT2D eigenvalue weighted by Gasteiger charge is 2.24. The van der Waals surface area contributed by atoms with Crippen molar-refractivity contribution in [1.29, 1.82) is 0 Å². The Morgan fingerprint density at radius 1 is 1.35 bits per heavy atom. The van der Waals surface area contributed by atoms with Gasteiger partial charge in [-0.05, 0) is 44.0 Å². The zero-order chi connectivity index (χ0) is 12.5. The number of hydrogen-bond donors (Lipinski definition) is 0. The summed E-state index contributed by atoms with van der Waals surface area (Å²) < 4.78 is 11.4. The van der Waals surface area contributed by atoms with Crippen LogP contribution in [-0.4, -0.2) is 18.0 Å². The first-order chi connectivity index (χ1) is 8.05. The molecule has 1 aliphatic heterocycles. The lowest BCUT2D eigenvalue weighted by molar-refractivity contribution is 0.152. The highest BCUT2D eigenvalue weighted by Crippen LogP contribution is 2.39. The van der Waals surface area contributed by atoms with Gasteiger partial charge < -0.3 is 9.47 Å². The van der Waals surface area contributed by atoms with Gasteiger partial charge in [-0.25, -0.2) is 0 Å². The largest absolute Gasteiger partial charge is 0.493 e. The zero-order valence-corrected chi connectivity index (χ0v) is 12.0. The third kappa shape index (κ3) is 2.65. The molecule has 0 unspecified atom stereocenters. The summed E-state index contributed by atoms with van der Waals surface area (Å²) in [5.74, 6) is 1.66. The van der Waals surface area contributed by atoms with Crippen molar-refractivity contribution in [2.24, 2.45) is 0 Å². The molecular formula is C14H17BrO2. The van der Waals surface area contributed by atoms with E-state index in [-0.39, 0.29) is 5.60 Å². The second kappa shape index (κ2) is 4.73. The van der Waals surface area contributed by atoms with Crippen molar-refractivity contribution in [3.05, 3.63) is 29.3 Å². The normalized spacial score (nSPS) is 16.2. The number of aryl methyl sites for hydroxylation is 1. The van der Waals surface area contributed by atoms with E-state index in [1.165, 1.54) is 5.56 Å². The monoisotopic (exact) mass is 296 g/mol. The molecule has 0 spiro atoms. The molecule has 3 heteroatoms. The quantitative estimate of drug-likeness (QED) is 0.790. The fourth-order valence-corrected chi connectivity index (χ4v) is 2.37. The first-order valence-corrected chi connectivity index (χ1v) is 6.83. The summed E-state index contributed by atoms with van der Waals surface area (Å²) in [6.45, 7) is 4.08. The van der Waals surface area contributed by atoms with Crippen LogP contribution >= 0.6 is 15.9 Å². The van der Waals surface area contributed by atoms with Crippen LogP contribution in [0.3, 0.4) is 0 Å². The van der Waals surface area contributed by atoms with Gasteiger partial charge in [0, 0.05) is 10.9 Å². The average Bonchev–Trinajstić information content (AvgIpc) is 2.28. The zero-order valence-electron chi connectivity index (χ0n) is 10.4. The Kier molecular flexibility index (Phi) is 3.48. The third-order valence-corrected chi connectivity index (χ3v) is 3.17. The highest BCUT2D eigenvalue weighted by atomic mass is 79.9. The van der Waals surface area contributed by atoms with Gasteiger partial charge in [0.05, 0.1) is 7.11 Å². The Labute approximate surface area is 111 Å². The van der Waals surface area contributed by atoms with Gasteiger partial charge in [-0.1, -0.05) is 22.0 Å². The molecule has 0 amide bonds. The van der Waals surface area contributed by atoms with Gasteiger partial charge in [-0.15, -0.1) is 0 Å². The van der Waals surface area contributed by atoms with Crippen molar-refractivity contribution in [2.45, 2.75) is 25.9 Å². The van der Waals surface area contributed by atoms with Crippen LogP contribution in [0.2, 0.25) is 0 Å². The van der Waals surface area contributed by atoms with Crippen LogP contribution in [0.1, 0.15) is 25.0 Å². The summed E-state index contributed by atoms with van der Waals surface area (Å²) in [5, 5.41) is 0.949. The van der Waals surface area contributed by atoms with E-state index in [1.807, 2.05) is 13.8 Å². The molecule has 2 rings (SSSR count). The molecule has 0 aromatic heterocycles. The number of fused-ring (bicyclic) bond motifs is 1. The standard InChI is InChI=1S/C14H17BrO2/c1-14(2)6-4-11-8-10(5-7-15)9-12(16-3)13(11)17-14/h4,6,8-9H,5,7H2,1-3H3. The van der Waals surface area contributed by atoms with E-state index in [2.05, 4.69) is 40.2 Å². The lowest BCUT2D eigenvalue weighted by Crippen LogP contribution is -2.27. The molecule has 1 heterocycles. The predicted octanol–water partition coefficient (Wildman–Crippen LogP) is 3.82. The second-order valence-corrected chi connectivity index (χ2v) is 5.49. The molecule has 17 heavy (non-hydrogen) atoms. The van der Waals surface area contributed by atoms with Crippen molar-refractivity contribution in [3.63, 3.8) is 0 Å². The molecule has 0 fully saturated rings. The molecular weight excluding hydrogens is 280 g/mol. The molecule has 0 atom stereocenters. The first-order valence-electron chi connectivity index (χ1n) is 5.71. The molecule has 0 saturated carbocycles. The Morgan fingerprint density at radius 2 is 2.12 bits per heavy atom. The summed E-state index contributed by atoms with van der Waals surface area (Å²) in [7, 11) is 1.68. The van der Waals surface area contributed by atoms with E-state index in [4.69, 9.17) is 9.47 Å². The Bertz CT molecular complexity index is 450. The Hall–Kier alpha value is -0.960. The molecule has 1 aliphatic rings. The smallest absolute Gasteiger partial charge is 0.169 e. The summed E-state index contributed by atoms with van der Waals surface area (Å²) in [4.78, 5) is 0. The van der Waals surface area contributed by atoms with Crippen molar-refractivity contribution >= 4 is 22.0 Å². The van der Waals surface area contributed by atoms with Gasteiger partial charge >= 0.3 is 0 Å². The molecule has 1 aromatic rings. The van der Waals surface area contributed by atoms with Crippen LogP contribution in [0.4, 0.5) is 0 Å². The van der Waals surface area contributed by atoms with Gasteiger partial charge in [-0.3, -0.25) is 0 Å². The summed E-state index contributed by atoms with van der Waals surface area (Å²) in [5.41, 5.74) is 2.09. The van der Waals surface area contributed by atoms with Crippen LogP contribution in [0.25, 0.3) is 6.08 Å². The predicted molar refractivity (Wildman–Crippen MR) is 74.2 cm³/mol. The van der Waals surface area contributed by atoms with Crippen LogP contribution in [-0.2, 0) is 6.42 Å². The Morgan fingerprint density at radius 3 is 2.76 bits per heavy atom. The fourth-order valence-electron chi connectivity index (χ4n) is 1.91. The Balaban J connectivity index is 2.47. The lowest BCUT2D eigenvalue weighted by Gasteiger charge is -2.29. The van der Waals surface area contributed by atoms with Gasteiger partial charge in [0.25, 0.3) is 0 Å². The minimum Gasteiger partial charge on any atom is -0.493 e. The van der Waals surface area contributed by atoms with Gasteiger partial charge in [0.2, 0.25) is 0 Å². The van der Waals surface area contributed by atoms with E-state index in [9.17, 15) is 0 Å². The number of methoxy groups -OCH3 is 1. The van der Waals surface area contributed by atoms with Crippen molar-refractivity contribution in [2.75, 3.05) is 12.4 Å². The van der Waals surface area contributed by atoms with E-state index in [0.717, 1.165) is 28.8 Å². The summed E-state index contributed by atoms with van der Waals surface area (Å²) >= 11 is 3.46. The topological polar surface area (TPSA) is 18.5 Å². The first kappa shape index (κ1) is 12.5. The molecule has 0 N–H and O–H groups in total. The second-order valence-electron chi connectivity index (χ2n) is 4.69. The van der Waals surface area contributed by atoms with Gasteiger partial charge in [0.15, 0.2) is 11.5 Å². The number of halogens is 1. The maximum Gasteiger partial charge on any atom is 0.169 e. The van der Waals surface area contributed by atoms with Crippen molar-refractivity contribution in [3.8, 4) is 11.5 Å². The molecule has 0 radical (unpaired) electrons. The minimum atomic E-state index is -0.267. The number of hydrogen-bond acceptors (Lipinski definition) is 2. The molecule has 1 aromatic carbocycles. The number of alkyl halides is 1. The number of ether oxygens (including phenoxy) is 2. The van der Waals surface area contributed by atoms with Crippen molar-refractivity contribution in [1.82, 2.24) is 0 Å². The molecule has 92 valence electrons. The van der Waals surface area contributed by atoms with Crippen LogP contribution < -0.4 is 9.47 Å². The maximum absolute atomic E-state index is 5.95. The van der Waals surface area contributed by atoms with E-state index in [0.29, 0.717) is 0 Å². The number of rotatable bonds is 3. The SMILES string of the molecule is COc1cc(CCBr)cc2c1OC(C)(C)C=C2. The minimum absolute atomic E-state index is 0.267. The maximum atomic E-state index is 5.95. The molecule has 0 bridgehead atoms. The molecule has 0 saturated heterocycles. The highest BCUT2D eigenvalue weighted by molar-refractivity contribution is 9.09. The van der Waals surface area contributed by atoms with Crippen LogP contribution in [0, 0.1) is 0 Å². The molecule has 0 aliphatic carbocycles. The molecule has 2 nitrogen and oxygen atoms in total.